The van der Waals surface area contributed by atoms with Crippen LogP contribution in [-0.4, -0.2) is 27.9 Å². The van der Waals surface area contributed by atoms with Gasteiger partial charge in [0, 0.05) is 44.1 Å². The lowest BCUT2D eigenvalue weighted by Gasteiger charge is -2.40. The van der Waals surface area contributed by atoms with Crippen molar-refractivity contribution in [2.45, 2.75) is 6.54 Å². The van der Waals surface area contributed by atoms with Crippen molar-refractivity contribution in [2.24, 2.45) is 5.92 Å². The van der Waals surface area contributed by atoms with Gasteiger partial charge in [0.1, 0.15) is 11.9 Å². The van der Waals surface area contributed by atoms with Crippen LogP contribution in [0.1, 0.15) is 5.56 Å². The Morgan fingerprint density at radius 1 is 1.33 bits per heavy atom. The lowest BCUT2D eigenvalue weighted by Crippen LogP contribution is -2.49. The number of hydrogen-bond acceptors (Lipinski definition) is 4. The third-order valence-electron chi connectivity index (χ3n) is 3.17. The van der Waals surface area contributed by atoms with E-state index in [0.29, 0.717) is 11.5 Å². The molecular formula is C13H13N5. The predicted octanol–water partition coefficient (Wildman–Crippen LogP) is 1.29. The first kappa shape index (κ1) is 10.8. The van der Waals surface area contributed by atoms with Crippen molar-refractivity contribution < 1.29 is 0 Å². The molecule has 3 rings (SSSR count). The van der Waals surface area contributed by atoms with Crippen LogP contribution in [0, 0.1) is 17.2 Å². The Kier molecular flexibility index (Phi) is 2.69. The Balaban J connectivity index is 1.64. The van der Waals surface area contributed by atoms with E-state index in [1.54, 1.807) is 18.5 Å². The van der Waals surface area contributed by atoms with E-state index in [4.69, 9.17) is 5.26 Å². The first-order chi connectivity index (χ1) is 8.86. The number of hydrogen-bond donors (Lipinski definition) is 0. The first-order valence-corrected chi connectivity index (χ1v) is 5.94. The summed E-state index contributed by atoms with van der Waals surface area (Å²) in [6.07, 6.45) is 5.50. The molecule has 90 valence electrons. The molecule has 0 atom stereocenters. The van der Waals surface area contributed by atoms with Crippen molar-refractivity contribution in [1.82, 2.24) is 14.8 Å². The summed E-state index contributed by atoms with van der Waals surface area (Å²) in [6.45, 7) is 2.80. The van der Waals surface area contributed by atoms with Crippen LogP contribution in [0.5, 0.6) is 0 Å². The van der Waals surface area contributed by atoms with Gasteiger partial charge in [-0.1, -0.05) is 0 Å². The van der Waals surface area contributed by atoms with Crippen LogP contribution >= 0.6 is 0 Å². The molecule has 0 spiro atoms. The smallest absolute Gasteiger partial charge is 0.146 e. The molecule has 3 heterocycles. The molecule has 2 aromatic heterocycles. The minimum absolute atomic E-state index is 0.582. The number of nitrogens with zero attached hydrogens (tertiary/aromatic N) is 5. The molecule has 0 N–H and O–H groups in total. The Morgan fingerprint density at radius 3 is 2.94 bits per heavy atom. The summed E-state index contributed by atoms with van der Waals surface area (Å²) in [5, 5.41) is 13.2. The maximum atomic E-state index is 9.03. The van der Waals surface area contributed by atoms with Gasteiger partial charge in [0.2, 0.25) is 0 Å². The summed E-state index contributed by atoms with van der Waals surface area (Å²) in [5.74, 6) is 1.38. The predicted molar refractivity (Wildman–Crippen MR) is 66.9 cm³/mol. The molecule has 0 aromatic carbocycles. The average Bonchev–Trinajstić information content (AvgIpc) is 2.86. The number of aromatic nitrogens is 3. The highest BCUT2D eigenvalue weighted by atomic mass is 15.3. The Bertz CT molecular complexity index is 563. The summed E-state index contributed by atoms with van der Waals surface area (Å²) in [4.78, 5) is 6.43. The minimum Gasteiger partial charge on any atom is -0.355 e. The molecule has 1 aliphatic heterocycles. The molecule has 18 heavy (non-hydrogen) atoms. The van der Waals surface area contributed by atoms with Crippen molar-refractivity contribution in [1.29, 1.82) is 5.26 Å². The molecule has 0 radical (unpaired) electrons. The molecule has 0 saturated carbocycles. The molecule has 1 aliphatic rings. The topological polar surface area (TPSA) is 57.7 Å². The molecule has 1 fully saturated rings. The first-order valence-electron chi connectivity index (χ1n) is 5.94. The maximum absolute atomic E-state index is 9.03. The maximum Gasteiger partial charge on any atom is 0.146 e. The van der Waals surface area contributed by atoms with Gasteiger partial charge in [0.05, 0.1) is 5.56 Å². The van der Waals surface area contributed by atoms with Crippen LogP contribution in [0.15, 0.2) is 36.8 Å². The van der Waals surface area contributed by atoms with E-state index in [0.717, 1.165) is 25.5 Å². The number of pyridine rings is 1. The lowest BCUT2D eigenvalue weighted by molar-refractivity contribution is 0.340. The number of rotatable bonds is 3. The Labute approximate surface area is 105 Å². The van der Waals surface area contributed by atoms with Crippen molar-refractivity contribution in [3.05, 3.63) is 42.4 Å². The third kappa shape index (κ3) is 1.93. The van der Waals surface area contributed by atoms with Gasteiger partial charge in [-0.2, -0.15) is 10.4 Å². The van der Waals surface area contributed by atoms with E-state index < -0.39 is 0 Å². The summed E-state index contributed by atoms with van der Waals surface area (Å²) in [7, 11) is 0. The molecule has 0 unspecified atom stereocenters. The second kappa shape index (κ2) is 4.49. The quantitative estimate of drug-likeness (QED) is 0.809. The zero-order chi connectivity index (χ0) is 12.4. The highest BCUT2D eigenvalue weighted by molar-refractivity contribution is 5.54. The highest BCUT2D eigenvalue weighted by Crippen LogP contribution is 2.26. The standard InChI is InChI=1S/C13H13N5/c14-7-12-3-1-4-15-13(12)17-8-11(9-17)10-18-6-2-5-16-18/h1-6,11H,8-10H2. The van der Waals surface area contributed by atoms with Gasteiger partial charge in [-0.15, -0.1) is 0 Å². The summed E-state index contributed by atoms with van der Waals surface area (Å²) in [5.41, 5.74) is 0.648. The lowest BCUT2D eigenvalue weighted by atomic mass is 9.99. The molecule has 0 bridgehead atoms. The Hall–Kier alpha value is -2.35. The zero-order valence-electron chi connectivity index (χ0n) is 9.90. The second-order valence-corrected chi connectivity index (χ2v) is 4.49. The second-order valence-electron chi connectivity index (χ2n) is 4.49. The van der Waals surface area contributed by atoms with E-state index in [1.807, 2.05) is 23.0 Å². The van der Waals surface area contributed by atoms with Crippen LogP contribution in [-0.2, 0) is 6.54 Å². The summed E-state index contributed by atoms with van der Waals surface area (Å²) in [6, 6.07) is 7.72. The van der Waals surface area contributed by atoms with E-state index in [9.17, 15) is 0 Å². The van der Waals surface area contributed by atoms with Crippen molar-refractivity contribution in [3.8, 4) is 6.07 Å². The van der Waals surface area contributed by atoms with Gasteiger partial charge in [-0.25, -0.2) is 4.98 Å². The number of nitriles is 1. The van der Waals surface area contributed by atoms with Gasteiger partial charge >= 0.3 is 0 Å². The van der Waals surface area contributed by atoms with Crippen molar-refractivity contribution >= 4 is 5.82 Å². The monoisotopic (exact) mass is 239 g/mol. The van der Waals surface area contributed by atoms with Crippen molar-refractivity contribution in [2.75, 3.05) is 18.0 Å². The van der Waals surface area contributed by atoms with Crippen LogP contribution in [0.3, 0.4) is 0 Å². The molecule has 1 saturated heterocycles. The Morgan fingerprint density at radius 2 is 2.22 bits per heavy atom. The van der Waals surface area contributed by atoms with Gasteiger partial charge in [-0.3, -0.25) is 4.68 Å². The van der Waals surface area contributed by atoms with Gasteiger partial charge in [0.15, 0.2) is 0 Å². The molecular weight excluding hydrogens is 226 g/mol. The molecule has 0 aliphatic carbocycles. The molecule has 0 amide bonds. The van der Waals surface area contributed by atoms with Gasteiger partial charge < -0.3 is 4.90 Å². The fraction of sp³-hybridized carbons (Fsp3) is 0.308. The zero-order valence-corrected chi connectivity index (χ0v) is 9.90. The van der Waals surface area contributed by atoms with Gasteiger partial charge in [-0.05, 0) is 18.2 Å². The number of anilines is 1. The van der Waals surface area contributed by atoms with Crippen LogP contribution in [0.2, 0.25) is 0 Å². The van der Waals surface area contributed by atoms with E-state index in [2.05, 4.69) is 21.1 Å². The van der Waals surface area contributed by atoms with Gasteiger partial charge in [0.25, 0.3) is 0 Å². The van der Waals surface area contributed by atoms with E-state index in [-0.39, 0.29) is 0 Å². The third-order valence-corrected chi connectivity index (χ3v) is 3.17. The average molecular weight is 239 g/mol. The van der Waals surface area contributed by atoms with Crippen LogP contribution < -0.4 is 4.90 Å². The molecule has 5 nitrogen and oxygen atoms in total. The minimum atomic E-state index is 0.582. The normalized spacial score (nSPS) is 15.2. The van der Waals surface area contributed by atoms with Crippen LogP contribution in [0.4, 0.5) is 5.82 Å². The SMILES string of the molecule is N#Cc1cccnc1N1CC(Cn2cccn2)C1. The highest BCUT2D eigenvalue weighted by Gasteiger charge is 2.29. The van der Waals surface area contributed by atoms with E-state index in [1.165, 1.54) is 0 Å². The largest absolute Gasteiger partial charge is 0.355 e. The molecule has 2 aromatic rings. The van der Waals surface area contributed by atoms with Crippen molar-refractivity contribution in [3.63, 3.8) is 0 Å². The summed E-state index contributed by atoms with van der Waals surface area (Å²) < 4.78 is 1.95. The fourth-order valence-corrected chi connectivity index (χ4v) is 2.27. The van der Waals surface area contributed by atoms with Crippen LogP contribution in [0.25, 0.3) is 0 Å². The summed E-state index contributed by atoms with van der Waals surface area (Å²) >= 11 is 0. The molecule has 5 heteroatoms. The fourth-order valence-electron chi connectivity index (χ4n) is 2.27. The van der Waals surface area contributed by atoms with E-state index >= 15 is 0 Å².